The van der Waals surface area contributed by atoms with Crippen LogP contribution in [0.5, 0.6) is 0 Å². The molecule has 1 atom stereocenters. The number of benzene rings is 1. The standard InChI is InChI=1S/C12H17NO3.ClH/c1-2-16-12(15)10-5-3-9(4-6-10)7-11(13)8-14;/h3-6,11,14H,2,7-8,13H2,1H3;1H/t11-;/m1./s1. The van der Waals surface area contributed by atoms with Gasteiger partial charge in [0.05, 0.1) is 18.8 Å². The molecule has 0 bridgehead atoms. The normalized spacial score (nSPS) is 11.5. The van der Waals surface area contributed by atoms with Gasteiger partial charge < -0.3 is 15.6 Å². The van der Waals surface area contributed by atoms with Crippen molar-refractivity contribution in [2.24, 2.45) is 5.73 Å². The van der Waals surface area contributed by atoms with Gasteiger partial charge in [0.15, 0.2) is 0 Å². The van der Waals surface area contributed by atoms with Crippen molar-refractivity contribution in [2.45, 2.75) is 19.4 Å². The average molecular weight is 260 g/mol. The van der Waals surface area contributed by atoms with Gasteiger partial charge in [-0.3, -0.25) is 0 Å². The van der Waals surface area contributed by atoms with Crippen molar-refractivity contribution >= 4 is 18.4 Å². The number of hydrogen-bond donors (Lipinski definition) is 2. The molecule has 0 amide bonds. The van der Waals surface area contributed by atoms with E-state index < -0.39 is 0 Å². The summed E-state index contributed by atoms with van der Waals surface area (Å²) in [6, 6.07) is 6.80. The van der Waals surface area contributed by atoms with Crippen molar-refractivity contribution in [3.05, 3.63) is 35.4 Å². The highest BCUT2D eigenvalue weighted by Crippen LogP contribution is 2.07. The Balaban J connectivity index is 0.00000256. The largest absolute Gasteiger partial charge is 0.462 e. The summed E-state index contributed by atoms with van der Waals surface area (Å²) < 4.78 is 4.87. The van der Waals surface area contributed by atoms with Crippen LogP contribution in [0.2, 0.25) is 0 Å². The van der Waals surface area contributed by atoms with Crippen LogP contribution in [-0.2, 0) is 11.2 Å². The lowest BCUT2D eigenvalue weighted by Crippen LogP contribution is -2.26. The number of halogens is 1. The van der Waals surface area contributed by atoms with Gasteiger partial charge in [0.1, 0.15) is 0 Å². The summed E-state index contributed by atoms with van der Waals surface area (Å²) in [6.45, 7) is 2.10. The van der Waals surface area contributed by atoms with Gasteiger partial charge >= 0.3 is 5.97 Å². The highest BCUT2D eigenvalue weighted by atomic mass is 35.5. The summed E-state index contributed by atoms with van der Waals surface area (Å²) in [7, 11) is 0. The van der Waals surface area contributed by atoms with Crippen molar-refractivity contribution < 1.29 is 14.6 Å². The zero-order valence-corrected chi connectivity index (χ0v) is 10.6. The number of aliphatic hydroxyl groups is 1. The Labute approximate surface area is 107 Å². The third-order valence-electron chi connectivity index (χ3n) is 2.20. The van der Waals surface area contributed by atoms with E-state index in [4.69, 9.17) is 15.6 Å². The second kappa shape index (κ2) is 8.06. The second-order valence-electron chi connectivity index (χ2n) is 3.56. The number of hydrogen-bond acceptors (Lipinski definition) is 4. The van der Waals surface area contributed by atoms with Crippen LogP contribution in [0.4, 0.5) is 0 Å². The molecule has 5 heteroatoms. The molecular weight excluding hydrogens is 242 g/mol. The van der Waals surface area contributed by atoms with Crippen LogP contribution < -0.4 is 5.73 Å². The van der Waals surface area contributed by atoms with Crippen LogP contribution >= 0.6 is 12.4 Å². The molecule has 0 spiro atoms. The topological polar surface area (TPSA) is 72.5 Å². The number of ether oxygens (including phenoxy) is 1. The van der Waals surface area contributed by atoms with Gasteiger partial charge in [-0.05, 0) is 31.0 Å². The van der Waals surface area contributed by atoms with E-state index in [1.807, 2.05) is 12.1 Å². The van der Waals surface area contributed by atoms with E-state index in [0.29, 0.717) is 18.6 Å². The van der Waals surface area contributed by atoms with Crippen molar-refractivity contribution in [3.63, 3.8) is 0 Å². The highest BCUT2D eigenvalue weighted by Gasteiger charge is 2.07. The number of carbonyl (C=O) groups is 1. The third kappa shape index (κ3) is 5.17. The second-order valence-corrected chi connectivity index (χ2v) is 3.56. The minimum absolute atomic E-state index is 0. The smallest absolute Gasteiger partial charge is 0.338 e. The molecule has 0 saturated carbocycles. The Morgan fingerprint density at radius 1 is 1.41 bits per heavy atom. The quantitative estimate of drug-likeness (QED) is 0.778. The molecule has 1 aromatic carbocycles. The number of rotatable bonds is 5. The molecule has 0 aliphatic heterocycles. The lowest BCUT2D eigenvalue weighted by atomic mass is 10.1. The predicted octanol–water partition coefficient (Wildman–Crippen LogP) is 1.15. The van der Waals surface area contributed by atoms with Crippen LogP contribution in [0.25, 0.3) is 0 Å². The van der Waals surface area contributed by atoms with E-state index in [0.717, 1.165) is 5.56 Å². The molecule has 0 aliphatic carbocycles. The van der Waals surface area contributed by atoms with Gasteiger partial charge in [-0.25, -0.2) is 4.79 Å². The van der Waals surface area contributed by atoms with E-state index >= 15 is 0 Å². The molecule has 0 unspecified atom stereocenters. The highest BCUT2D eigenvalue weighted by molar-refractivity contribution is 5.89. The molecule has 96 valence electrons. The summed E-state index contributed by atoms with van der Waals surface area (Å²) in [4.78, 5) is 11.3. The Kier molecular flexibility index (Phi) is 7.54. The van der Waals surface area contributed by atoms with Crippen LogP contribution in [0.15, 0.2) is 24.3 Å². The Morgan fingerprint density at radius 2 is 2.00 bits per heavy atom. The first-order valence-electron chi connectivity index (χ1n) is 5.30. The van der Waals surface area contributed by atoms with Crippen LogP contribution in [0.1, 0.15) is 22.8 Å². The SMILES string of the molecule is CCOC(=O)c1ccc(C[C@@H](N)CO)cc1.Cl. The molecule has 0 fully saturated rings. The van der Waals surface area contributed by atoms with E-state index in [9.17, 15) is 4.79 Å². The maximum absolute atomic E-state index is 11.3. The molecule has 3 N–H and O–H groups in total. The maximum atomic E-state index is 11.3. The number of esters is 1. The minimum Gasteiger partial charge on any atom is -0.462 e. The molecule has 4 nitrogen and oxygen atoms in total. The zero-order valence-electron chi connectivity index (χ0n) is 9.76. The van der Waals surface area contributed by atoms with E-state index in [-0.39, 0.29) is 31.0 Å². The van der Waals surface area contributed by atoms with Crippen LogP contribution in [-0.4, -0.2) is 30.3 Å². The van der Waals surface area contributed by atoms with Crippen molar-refractivity contribution in [3.8, 4) is 0 Å². The van der Waals surface area contributed by atoms with Crippen LogP contribution in [0.3, 0.4) is 0 Å². The van der Waals surface area contributed by atoms with Gasteiger partial charge in [0.2, 0.25) is 0 Å². The summed E-state index contributed by atoms with van der Waals surface area (Å²) in [5.74, 6) is -0.319. The molecule has 0 heterocycles. The fraction of sp³-hybridized carbons (Fsp3) is 0.417. The first-order valence-corrected chi connectivity index (χ1v) is 5.30. The maximum Gasteiger partial charge on any atom is 0.338 e. The lowest BCUT2D eigenvalue weighted by molar-refractivity contribution is 0.0526. The fourth-order valence-corrected chi connectivity index (χ4v) is 1.36. The van der Waals surface area contributed by atoms with Crippen molar-refractivity contribution in [1.82, 2.24) is 0 Å². The van der Waals surface area contributed by atoms with E-state index in [2.05, 4.69) is 0 Å². The number of carbonyl (C=O) groups excluding carboxylic acids is 1. The summed E-state index contributed by atoms with van der Waals surface area (Å²) >= 11 is 0. The summed E-state index contributed by atoms with van der Waals surface area (Å²) in [5, 5.41) is 8.81. The molecule has 1 aromatic rings. The molecular formula is C12H18ClNO3. The van der Waals surface area contributed by atoms with Gasteiger partial charge in [-0.15, -0.1) is 12.4 Å². The van der Waals surface area contributed by atoms with E-state index in [1.165, 1.54) is 0 Å². The molecule has 1 rings (SSSR count). The van der Waals surface area contributed by atoms with Crippen molar-refractivity contribution in [1.29, 1.82) is 0 Å². The first-order chi connectivity index (χ1) is 7.67. The van der Waals surface area contributed by atoms with Crippen molar-refractivity contribution in [2.75, 3.05) is 13.2 Å². The molecule has 0 saturated heterocycles. The van der Waals surface area contributed by atoms with Gasteiger partial charge in [0.25, 0.3) is 0 Å². The minimum atomic E-state index is -0.319. The summed E-state index contributed by atoms with van der Waals surface area (Å²) in [6.07, 6.45) is 0.597. The summed E-state index contributed by atoms with van der Waals surface area (Å²) in [5.41, 5.74) is 7.13. The van der Waals surface area contributed by atoms with E-state index in [1.54, 1.807) is 19.1 Å². The molecule has 0 aromatic heterocycles. The van der Waals surface area contributed by atoms with Gasteiger partial charge in [-0.2, -0.15) is 0 Å². The molecule has 0 aliphatic rings. The Morgan fingerprint density at radius 3 is 2.47 bits per heavy atom. The average Bonchev–Trinajstić information content (AvgIpc) is 2.30. The number of aliphatic hydroxyl groups excluding tert-OH is 1. The Bertz CT molecular complexity index is 340. The molecule has 0 radical (unpaired) electrons. The van der Waals surface area contributed by atoms with Gasteiger partial charge in [-0.1, -0.05) is 12.1 Å². The lowest BCUT2D eigenvalue weighted by Gasteiger charge is -2.08. The first kappa shape index (κ1) is 15.9. The fourth-order valence-electron chi connectivity index (χ4n) is 1.36. The third-order valence-corrected chi connectivity index (χ3v) is 2.20. The predicted molar refractivity (Wildman–Crippen MR) is 68.4 cm³/mol. The number of nitrogens with two attached hydrogens (primary N) is 1. The van der Waals surface area contributed by atoms with Gasteiger partial charge in [0, 0.05) is 6.04 Å². The van der Waals surface area contributed by atoms with Crippen LogP contribution in [0, 0.1) is 0 Å². The molecule has 17 heavy (non-hydrogen) atoms. The Hall–Kier alpha value is -1.10. The monoisotopic (exact) mass is 259 g/mol. The zero-order chi connectivity index (χ0) is 12.0.